The molecule has 7 nitrogen and oxygen atoms in total. The largest absolute Gasteiger partial charge is 0.467 e. The Labute approximate surface area is 203 Å². The molecule has 34 heavy (non-hydrogen) atoms. The van der Waals surface area contributed by atoms with Crippen LogP contribution in [0.1, 0.15) is 55.0 Å². The molecule has 2 aromatic heterocycles. The Morgan fingerprint density at radius 2 is 1.88 bits per heavy atom. The third kappa shape index (κ3) is 5.56. The van der Waals surface area contributed by atoms with Crippen LogP contribution >= 0.6 is 11.3 Å². The average Bonchev–Trinajstić information content (AvgIpc) is 3.54. The Morgan fingerprint density at radius 1 is 1.09 bits per heavy atom. The predicted octanol–water partition coefficient (Wildman–Crippen LogP) is 4.45. The topological polar surface area (TPSA) is 91.7 Å². The molecule has 2 N–H and O–H groups in total. The normalized spacial score (nSPS) is 13.7. The van der Waals surface area contributed by atoms with E-state index in [9.17, 15) is 14.4 Å². The van der Waals surface area contributed by atoms with Crippen molar-refractivity contribution in [2.24, 2.45) is 0 Å². The molecule has 1 aliphatic rings. The summed E-state index contributed by atoms with van der Waals surface area (Å²) in [5.74, 6) is -1.73. The van der Waals surface area contributed by atoms with E-state index in [0.717, 1.165) is 24.1 Å². The highest BCUT2D eigenvalue weighted by atomic mass is 32.1. The first-order chi connectivity index (χ1) is 16.2. The third-order valence-electron chi connectivity index (χ3n) is 5.59. The number of anilines is 1. The summed E-state index contributed by atoms with van der Waals surface area (Å²) in [4.78, 5) is 42.1. The quantitative estimate of drug-likeness (QED) is 0.511. The van der Waals surface area contributed by atoms with E-state index in [0.29, 0.717) is 5.69 Å². The SMILES string of the molecule is CC(C)(C)NC(=O)C(c1ccco1)N(Cc1cccs1)C(=O)C(=O)Nc1ccc2c(c1)CCC2. The number of carbonyl (C=O) groups excluding carboxylic acids is 3. The van der Waals surface area contributed by atoms with Gasteiger partial charge in [0.2, 0.25) is 0 Å². The zero-order chi connectivity index (χ0) is 24.3. The lowest BCUT2D eigenvalue weighted by Crippen LogP contribution is -2.50. The van der Waals surface area contributed by atoms with Crippen molar-refractivity contribution >= 4 is 34.7 Å². The minimum atomic E-state index is -1.10. The van der Waals surface area contributed by atoms with Crippen molar-refractivity contribution in [3.05, 3.63) is 75.9 Å². The molecular formula is C26H29N3O4S. The molecule has 0 saturated heterocycles. The van der Waals surface area contributed by atoms with Gasteiger partial charge in [-0.05, 0) is 86.9 Å². The fraction of sp³-hybridized carbons (Fsp3) is 0.346. The van der Waals surface area contributed by atoms with E-state index >= 15 is 0 Å². The maximum Gasteiger partial charge on any atom is 0.313 e. The molecule has 1 atom stereocenters. The third-order valence-corrected chi connectivity index (χ3v) is 6.45. The molecule has 1 aliphatic carbocycles. The van der Waals surface area contributed by atoms with Crippen molar-refractivity contribution in [1.82, 2.24) is 10.2 Å². The van der Waals surface area contributed by atoms with E-state index in [-0.39, 0.29) is 12.3 Å². The number of fused-ring (bicyclic) bond motifs is 1. The number of nitrogens with zero attached hydrogens (tertiary/aromatic N) is 1. The van der Waals surface area contributed by atoms with Crippen LogP contribution in [0.2, 0.25) is 0 Å². The van der Waals surface area contributed by atoms with Gasteiger partial charge in [0.1, 0.15) is 5.76 Å². The van der Waals surface area contributed by atoms with E-state index in [1.54, 1.807) is 12.1 Å². The van der Waals surface area contributed by atoms with Crippen LogP contribution in [0.15, 0.2) is 58.5 Å². The monoisotopic (exact) mass is 479 g/mol. The summed E-state index contributed by atoms with van der Waals surface area (Å²) in [6, 6.07) is 11.7. The van der Waals surface area contributed by atoms with Crippen LogP contribution in [0.25, 0.3) is 0 Å². The number of benzene rings is 1. The number of amides is 3. The van der Waals surface area contributed by atoms with E-state index in [2.05, 4.69) is 10.6 Å². The lowest BCUT2D eigenvalue weighted by atomic mass is 10.1. The lowest BCUT2D eigenvalue weighted by molar-refractivity contribution is -0.149. The van der Waals surface area contributed by atoms with Crippen molar-refractivity contribution in [2.75, 3.05) is 5.32 Å². The zero-order valence-corrected chi connectivity index (χ0v) is 20.4. The van der Waals surface area contributed by atoms with E-state index in [1.165, 1.54) is 33.6 Å². The molecule has 3 amide bonds. The first kappa shape index (κ1) is 23.8. The van der Waals surface area contributed by atoms with Gasteiger partial charge in [-0.25, -0.2) is 0 Å². The summed E-state index contributed by atoms with van der Waals surface area (Å²) in [6.07, 6.45) is 4.54. The average molecular weight is 480 g/mol. The standard InChI is InChI=1S/C26H29N3O4S/c1-26(2,3)28-23(30)22(21-10-5-13-33-21)29(16-20-9-6-14-34-20)25(32)24(31)27-19-12-11-17-7-4-8-18(17)15-19/h5-6,9-15,22H,4,7-8,16H2,1-3H3,(H,27,31)(H,28,30). The molecule has 3 aromatic rings. The van der Waals surface area contributed by atoms with Crippen LogP contribution in [0.4, 0.5) is 5.69 Å². The van der Waals surface area contributed by atoms with Gasteiger partial charge in [0, 0.05) is 16.1 Å². The van der Waals surface area contributed by atoms with Crippen molar-refractivity contribution in [3.63, 3.8) is 0 Å². The fourth-order valence-corrected chi connectivity index (χ4v) is 4.83. The number of carbonyl (C=O) groups is 3. The molecule has 0 spiro atoms. The van der Waals surface area contributed by atoms with E-state index in [1.807, 2.05) is 56.5 Å². The van der Waals surface area contributed by atoms with Crippen molar-refractivity contribution in [3.8, 4) is 0 Å². The maximum atomic E-state index is 13.5. The van der Waals surface area contributed by atoms with Crippen LogP contribution in [0.3, 0.4) is 0 Å². The van der Waals surface area contributed by atoms with Gasteiger partial charge in [-0.2, -0.15) is 0 Å². The predicted molar refractivity (Wildman–Crippen MR) is 131 cm³/mol. The van der Waals surface area contributed by atoms with Crippen LogP contribution < -0.4 is 10.6 Å². The van der Waals surface area contributed by atoms with Gasteiger partial charge < -0.3 is 20.0 Å². The summed E-state index contributed by atoms with van der Waals surface area (Å²) < 4.78 is 5.55. The minimum absolute atomic E-state index is 0.0943. The van der Waals surface area contributed by atoms with Crippen LogP contribution in [-0.2, 0) is 33.8 Å². The van der Waals surface area contributed by atoms with Gasteiger partial charge in [-0.3, -0.25) is 14.4 Å². The Morgan fingerprint density at radius 3 is 2.56 bits per heavy atom. The molecule has 0 aliphatic heterocycles. The molecule has 0 bridgehead atoms. The number of nitrogens with one attached hydrogen (secondary N) is 2. The number of aryl methyl sites for hydroxylation is 2. The second-order valence-corrected chi connectivity index (χ2v) is 10.5. The summed E-state index contributed by atoms with van der Waals surface area (Å²) in [5.41, 5.74) is 2.51. The number of rotatable bonds is 6. The summed E-state index contributed by atoms with van der Waals surface area (Å²) in [6.45, 7) is 5.67. The Balaban J connectivity index is 1.63. The Kier molecular flexibility index (Phi) is 6.88. The molecule has 0 saturated carbocycles. The summed E-state index contributed by atoms with van der Waals surface area (Å²) in [5, 5.41) is 7.54. The molecule has 178 valence electrons. The van der Waals surface area contributed by atoms with Gasteiger partial charge >= 0.3 is 11.8 Å². The van der Waals surface area contributed by atoms with Crippen LogP contribution in [0, 0.1) is 0 Å². The second-order valence-electron chi connectivity index (χ2n) is 9.46. The Hall–Kier alpha value is -3.39. The number of thiophene rings is 1. The molecule has 1 unspecified atom stereocenters. The molecule has 0 fully saturated rings. The van der Waals surface area contributed by atoms with Gasteiger partial charge in [0.15, 0.2) is 6.04 Å². The number of hydrogen-bond acceptors (Lipinski definition) is 5. The summed E-state index contributed by atoms with van der Waals surface area (Å²) in [7, 11) is 0. The molecule has 4 rings (SSSR count). The molecule has 0 radical (unpaired) electrons. The molecular weight excluding hydrogens is 450 g/mol. The smallest absolute Gasteiger partial charge is 0.313 e. The first-order valence-electron chi connectivity index (χ1n) is 11.3. The summed E-state index contributed by atoms with van der Waals surface area (Å²) >= 11 is 1.45. The second kappa shape index (κ2) is 9.85. The van der Waals surface area contributed by atoms with Crippen molar-refractivity contribution in [1.29, 1.82) is 0 Å². The van der Waals surface area contributed by atoms with Crippen molar-refractivity contribution < 1.29 is 18.8 Å². The van der Waals surface area contributed by atoms with E-state index in [4.69, 9.17) is 4.42 Å². The highest BCUT2D eigenvalue weighted by Gasteiger charge is 2.38. The minimum Gasteiger partial charge on any atom is -0.467 e. The van der Waals surface area contributed by atoms with Crippen LogP contribution in [0.5, 0.6) is 0 Å². The highest BCUT2D eigenvalue weighted by molar-refractivity contribution is 7.09. The zero-order valence-electron chi connectivity index (χ0n) is 19.6. The Bertz CT molecular complexity index is 1160. The lowest BCUT2D eigenvalue weighted by Gasteiger charge is -2.31. The van der Waals surface area contributed by atoms with Crippen molar-refractivity contribution in [2.45, 2.75) is 58.2 Å². The highest BCUT2D eigenvalue weighted by Crippen LogP contribution is 2.28. The molecule has 2 heterocycles. The van der Waals surface area contributed by atoms with Crippen LogP contribution in [-0.4, -0.2) is 28.2 Å². The van der Waals surface area contributed by atoms with E-state index < -0.39 is 29.3 Å². The fourth-order valence-electron chi connectivity index (χ4n) is 4.12. The van der Waals surface area contributed by atoms with Gasteiger partial charge in [0.25, 0.3) is 5.91 Å². The molecule has 1 aromatic carbocycles. The van der Waals surface area contributed by atoms with Gasteiger partial charge in [0.05, 0.1) is 12.8 Å². The molecule has 8 heteroatoms. The number of hydrogen-bond donors (Lipinski definition) is 2. The number of furan rings is 1. The van der Waals surface area contributed by atoms with Gasteiger partial charge in [-0.1, -0.05) is 12.1 Å². The maximum absolute atomic E-state index is 13.5. The first-order valence-corrected chi connectivity index (χ1v) is 12.2. The van der Waals surface area contributed by atoms with Gasteiger partial charge in [-0.15, -0.1) is 11.3 Å².